The first-order valence-electron chi connectivity index (χ1n) is 7.00. The van der Waals surface area contributed by atoms with Gasteiger partial charge in [0.15, 0.2) is 0 Å². The van der Waals surface area contributed by atoms with Crippen molar-refractivity contribution in [1.29, 1.82) is 0 Å². The molecule has 0 atom stereocenters. The molecule has 106 valence electrons. The molecule has 0 amide bonds. The molecule has 2 aromatic heterocycles. The van der Waals surface area contributed by atoms with Gasteiger partial charge in [-0.15, -0.1) is 0 Å². The van der Waals surface area contributed by atoms with Crippen LogP contribution in [0.5, 0.6) is 0 Å². The molecule has 4 heteroatoms. The van der Waals surface area contributed by atoms with Gasteiger partial charge in [0.25, 0.3) is 0 Å². The molecular formula is C17H18N4. The summed E-state index contributed by atoms with van der Waals surface area (Å²) in [4.78, 5) is 8.43. The SMILES string of the molecule is CC(C)c1cccc(-n2cncc2-c2ccc(N)nc2)c1. The predicted molar refractivity (Wildman–Crippen MR) is 85.3 cm³/mol. The molecule has 3 rings (SSSR count). The summed E-state index contributed by atoms with van der Waals surface area (Å²) in [6.45, 7) is 4.38. The normalized spacial score (nSPS) is 11.0. The van der Waals surface area contributed by atoms with Crippen molar-refractivity contribution >= 4 is 5.82 Å². The van der Waals surface area contributed by atoms with Gasteiger partial charge in [0.05, 0.1) is 18.2 Å². The molecule has 0 aliphatic heterocycles. The zero-order chi connectivity index (χ0) is 14.8. The van der Waals surface area contributed by atoms with Crippen LogP contribution < -0.4 is 5.73 Å². The molecule has 0 bridgehead atoms. The van der Waals surface area contributed by atoms with Gasteiger partial charge in [0.1, 0.15) is 5.82 Å². The smallest absolute Gasteiger partial charge is 0.123 e. The van der Waals surface area contributed by atoms with Gasteiger partial charge in [-0.05, 0) is 35.7 Å². The highest BCUT2D eigenvalue weighted by molar-refractivity contribution is 5.62. The summed E-state index contributed by atoms with van der Waals surface area (Å²) >= 11 is 0. The van der Waals surface area contributed by atoms with Crippen molar-refractivity contribution in [2.24, 2.45) is 0 Å². The van der Waals surface area contributed by atoms with Crippen molar-refractivity contribution in [3.05, 3.63) is 60.7 Å². The molecule has 0 saturated carbocycles. The number of hydrogen-bond acceptors (Lipinski definition) is 3. The van der Waals surface area contributed by atoms with Gasteiger partial charge >= 0.3 is 0 Å². The second-order valence-electron chi connectivity index (χ2n) is 5.37. The van der Waals surface area contributed by atoms with Crippen molar-refractivity contribution in [2.45, 2.75) is 19.8 Å². The molecule has 2 N–H and O–H groups in total. The Kier molecular flexibility index (Phi) is 3.44. The summed E-state index contributed by atoms with van der Waals surface area (Å²) in [6, 6.07) is 12.3. The Bertz CT molecular complexity index is 741. The van der Waals surface area contributed by atoms with Crippen LogP contribution in [0, 0.1) is 0 Å². The first-order valence-corrected chi connectivity index (χ1v) is 7.00. The molecule has 0 unspecified atom stereocenters. The average Bonchev–Trinajstić information content (AvgIpc) is 2.97. The number of nitrogen functional groups attached to an aromatic ring is 1. The number of hydrogen-bond donors (Lipinski definition) is 1. The number of imidazole rings is 1. The minimum Gasteiger partial charge on any atom is -0.384 e. The molecule has 0 radical (unpaired) electrons. The lowest BCUT2D eigenvalue weighted by Crippen LogP contribution is -1.98. The molecule has 0 fully saturated rings. The third-order valence-electron chi connectivity index (χ3n) is 3.54. The number of benzene rings is 1. The predicted octanol–water partition coefficient (Wildman–Crippen LogP) is 3.64. The molecular weight excluding hydrogens is 260 g/mol. The summed E-state index contributed by atoms with van der Waals surface area (Å²) in [5.41, 5.74) is 10.1. The van der Waals surface area contributed by atoms with E-state index in [1.807, 2.05) is 18.6 Å². The summed E-state index contributed by atoms with van der Waals surface area (Å²) < 4.78 is 2.07. The van der Waals surface area contributed by atoms with E-state index in [-0.39, 0.29) is 0 Å². The van der Waals surface area contributed by atoms with E-state index in [0.717, 1.165) is 16.9 Å². The Morgan fingerprint density at radius 1 is 1.10 bits per heavy atom. The van der Waals surface area contributed by atoms with Gasteiger partial charge in [-0.25, -0.2) is 9.97 Å². The second kappa shape index (κ2) is 5.40. The van der Waals surface area contributed by atoms with Crippen LogP contribution in [0.4, 0.5) is 5.82 Å². The molecule has 21 heavy (non-hydrogen) atoms. The fraction of sp³-hybridized carbons (Fsp3) is 0.176. The fourth-order valence-corrected chi connectivity index (χ4v) is 2.30. The van der Waals surface area contributed by atoms with Gasteiger partial charge in [0.2, 0.25) is 0 Å². The van der Waals surface area contributed by atoms with Crippen LogP contribution in [0.25, 0.3) is 16.9 Å². The Morgan fingerprint density at radius 3 is 2.67 bits per heavy atom. The maximum Gasteiger partial charge on any atom is 0.123 e. The van der Waals surface area contributed by atoms with E-state index in [0.29, 0.717) is 11.7 Å². The fourth-order valence-electron chi connectivity index (χ4n) is 2.30. The second-order valence-corrected chi connectivity index (χ2v) is 5.37. The highest BCUT2D eigenvalue weighted by Crippen LogP contribution is 2.24. The van der Waals surface area contributed by atoms with Crippen LogP contribution in [0.1, 0.15) is 25.3 Å². The van der Waals surface area contributed by atoms with Crippen molar-refractivity contribution < 1.29 is 0 Å². The van der Waals surface area contributed by atoms with Gasteiger partial charge < -0.3 is 5.73 Å². The molecule has 0 aliphatic carbocycles. The number of aromatic nitrogens is 3. The van der Waals surface area contributed by atoms with Gasteiger partial charge in [-0.3, -0.25) is 4.57 Å². The molecule has 4 nitrogen and oxygen atoms in total. The van der Waals surface area contributed by atoms with Gasteiger partial charge in [-0.2, -0.15) is 0 Å². The van der Waals surface area contributed by atoms with Crippen LogP contribution in [-0.2, 0) is 0 Å². The zero-order valence-electron chi connectivity index (χ0n) is 12.2. The van der Waals surface area contributed by atoms with Crippen molar-refractivity contribution in [1.82, 2.24) is 14.5 Å². The summed E-state index contributed by atoms with van der Waals surface area (Å²) in [5, 5.41) is 0. The minimum absolute atomic E-state index is 0.495. The van der Waals surface area contributed by atoms with E-state index in [4.69, 9.17) is 5.73 Å². The van der Waals surface area contributed by atoms with Crippen LogP contribution in [-0.4, -0.2) is 14.5 Å². The third kappa shape index (κ3) is 2.65. The summed E-state index contributed by atoms with van der Waals surface area (Å²) in [7, 11) is 0. The highest BCUT2D eigenvalue weighted by Gasteiger charge is 2.08. The standard InChI is InChI=1S/C17H18N4/c1-12(2)13-4-3-5-15(8-13)21-11-19-10-16(21)14-6-7-17(18)20-9-14/h3-12H,1-2H3,(H2,18,20). The van der Waals surface area contributed by atoms with Crippen molar-refractivity contribution in [3.63, 3.8) is 0 Å². The van der Waals surface area contributed by atoms with Gasteiger partial charge in [0, 0.05) is 17.4 Å². The lowest BCUT2D eigenvalue weighted by molar-refractivity contribution is 0.863. The lowest BCUT2D eigenvalue weighted by Gasteiger charge is -2.11. The lowest BCUT2D eigenvalue weighted by atomic mass is 10.0. The average molecular weight is 278 g/mol. The van der Waals surface area contributed by atoms with Crippen molar-refractivity contribution in [2.75, 3.05) is 5.73 Å². The zero-order valence-corrected chi connectivity index (χ0v) is 12.2. The molecule has 0 saturated heterocycles. The molecule has 2 heterocycles. The van der Waals surface area contributed by atoms with Crippen molar-refractivity contribution in [3.8, 4) is 16.9 Å². The third-order valence-corrected chi connectivity index (χ3v) is 3.54. The maximum atomic E-state index is 5.65. The van der Waals surface area contributed by atoms with Gasteiger partial charge in [-0.1, -0.05) is 26.0 Å². The Balaban J connectivity index is 2.06. The molecule has 0 spiro atoms. The maximum absolute atomic E-state index is 5.65. The highest BCUT2D eigenvalue weighted by atomic mass is 15.1. The van der Waals surface area contributed by atoms with Crippen LogP contribution in [0.15, 0.2) is 55.1 Å². The number of pyridine rings is 1. The molecule has 1 aromatic carbocycles. The first-order chi connectivity index (χ1) is 10.1. The Hall–Kier alpha value is -2.62. The molecule has 3 aromatic rings. The summed E-state index contributed by atoms with van der Waals surface area (Å²) in [6.07, 6.45) is 5.44. The van der Waals surface area contributed by atoms with E-state index in [1.165, 1.54) is 5.56 Å². The van der Waals surface area contributed by atoms with E-state index in [9.17, 15) is 0 Å². The topological polar surface area (TPSA) is 56.7 Å². The molecule has 0 aliphatic rings. The summed E-state index contributed by atoms with van der Waals surface area (Å²) in [5.74, 6) is 1.02. The number of rotatable bonds is 3. The first kappa shape index (κ1) is 13.4. The van der Waals surface area contributed by atoms with E-state index >= 15 is 0 Å². The van der Waals surface area contributed by atoms with Crippen LogP contribution in [0.2, 0.25) is 0 Å². The monoisotopic (exact) mass is 278 g/mol. The van der Waals surface area contributed by atoms with Crippen LogP contribution in [0.3, 0.4) is 0 Å². The van der Waals surface area contributed by atoms with Crippen LogP contribution >= 0.6 is 0 Å². The Labute approximate surface area is 124 Å². The Morgan fingerprint density at radius 2 is 1.95 bits per heavy atom. The number of nitrogens with two attached hydrogens (primary N) is 1. The largest absolute Gasteiger partial charge is 0.384 e. The number of nitrogens with zero attached hydrogens (tertiary/aromatic N) is 3. The minimum atomic E-state index is 0.495. The quantitative estimate of drug-likeness (QED) is 0.795. The van der Waals surface area contributed by atoms with E-state index in [1.54, 1.807) is 12.3 Å². The number of anilines is 1. The van der Waals surface area contributed by atoms with E-state index in [2.05, 4.69) is 52.6 Å². The van der Waals surface area contributed by atoms with E-state index < -0.39 is 0 Å².